The smallest absolute Gasteiger partial charge is 0.411 e. The maximum absolute atomic E-state index is 4.89. The normalized spacial score (nSPS) is 8.95. The van der Waals surface area contributed by atoms with Gasteiger partial charge >= 0.3 is 17.1 Å². The van der Waals surface area contributed by atoms with E-state index in [0.717, 1.165) is 51.9 Å². The summed E-state index contributed by atoms with van der Waals surface area (Å²) in [6.07, 6.45) is 4.49. The molecule has 124 valence electrons. The average Bonchev–Trinajstić information content (AvgIpc) is 2.38. The van der Waals surface area contributed by atoms with Gasteiger partial charge in [-0.2, -0.15) is 0 Å². The van der Waals surface area contributed by atoms with E-state index in [0.29, 0.717) is 8.64 Å². The van der Waals surface area contributed by atoms with Crippen LogP contribution in [0.15, 0.2) is 0 Å². The molecular weight excluding hydrogens is 403 g/mol. The summed E-state index contributed by atoms with van der Waals surface area (Å²) in [7, 11) is 0. The second-order valence-corrected chi connectivity index (χ2v) is 6.57. The molecule has 0 heterocycles. The van der Waals surface area contributed by atoms with Crippen LogP contribution in [0, 0.1) is 0 Å². The number of nitrogens with zero attached hydrogens (tertiary/aromatic N) is 2. The van der Waals surface area contributed by atoms with Crippen molar-refractivity contribution in [3.8, 4) is 0 Å². The number of hydrogen-bond acceptors (Lipinski definition) is 4. The van der Waals surface area contributed by atoms with Gasteiger partial charge in [0.15, 0.2) is 0 Å². The minimum absolute atomic E-state index is 0. The molecule has 21 heavy (non-hydrogen) atoms. The van der Waals surface area contributed by atoms with Crippen molar-refractivity contribution in [3.63, 3.8) is 0 Å². The van der Waals surface area contributed by atoms with Gasteiger partial charge in [0.1, 0.15) is 0 Å². The summed E-state index contributed by atoms with van der Waals surface area (Å²) in [5, 5.41) is 0. The molecule has 0 fully saturated rings. The van der Waals surface area contributed by atoms with Crippen LogP contribution in [0.4, 0.5) is 0 Å². The van der Waals surface area contributed by atoms with Gasteiger partial charge in [-0.05, 0) is 25.7 Å². The van der Waals surface area contributed by atoms with Gasteiger partial charge in [0.05, 0.1) is 0 Å². The Morgan fingerprint density at radius 2 is 0.857 bits per heavy atom. The van der Waals surface area contributed by atoms with Crippen molar-refractivity contribution < 1.29 is 0 Å². The Morgan fingerprint density at radius 3 is 0.952 bits per heavy atom. The molecule has 0 saturated carbocycles. The summed E-state index contributed by atoms with van der Waals surface area (Å²) in [6, 6.07) is 0. The van der Waals surface area contributed by atoms with Crippen molar-refractivity contribution >= 4 is 75.4 Å². The average molecular weight is 432 g/mol. The van der Waals surface area contributed by atoms with Gasteiger partial charge in [-0.15, -0.1) is 0 Å². The summed E-state index contributed by atoms with van der Waals surface area (Å²) >= 11 is 19.6. The molecule has 0 spiro atoms. The zero-order chi connectivity index (χ0) is 16.0. The molecule has 0 N–H and O–H groups in total. The van der Waals surface area contributed by atoms with E-state index in [1.54, 1.807) is 0 Å². The first kappa shape index (κ1) is 26.6. The van der Waals surface area contributed by atoms with Crippen molar-refractivity contribution in [2.45, 2.75) is 53.4 Å². The molecule has 0 aliphatic carbocycles. The van der Waals surface area contributed by atoms with E-state index in [4.69, 9.17) is 49.7 Å². The molecule has 0 amide bonds. The molecule has 0 saturated heterocycles. The summed E-state index contributed by atoms with van der Waals surface area (Å²) < 4.78 is 1.23. The maximum Gasteiger partial charge on any atom is 2.00 e. The van der Waals surface area contributed by atoms with Crippen LogP contribution in [-0.4, -0.2) is 61.7 Å². The third-order valence-electron chi connectivity index (χ3n) is 2.49. The first-order chi connectivity index (χ1) is 9.44. The minimum atomic E-state index is 0. The Balaban J connectivity index is -0.000000295. The van der Waals surface area contributed by atoms with Crippen molar-refractivity contribution in [2.75, 3.05) is 26.2 Å². The second kappa shape index (κ2) is 18.8. The van der Waals surface area contributed by atoms with E-state index in [1.807, 2.05) is 0 Å². The van der Waals surface area contributed by atoms with Crippen LogP contribution < -0.4 is 0 Å². The van der Waals surface area contributed by atoms with Gasteiger partial charge in [0, 0.05) is 26.2 Å². The Labute approximate surface area is 164 Å². The molecule has 2 nitrogen and oxygen atoms in total. The minimum Gasteiger partial charge on any atom is -0.411 e. The van der Waals surface area contributed by atoms with Crippen molar-refractivity contribution in [1.82, 2.24) is 9.80 Å². The SMILES string of the molecule is CCCN(CCC)C(=S)[S-].CCCN(CCC)C(=S)[S-].[Se+2]. The van der Waals surface area contributed by atoms with E-state index < -0.39 is 0 Å². The van der Waals surface area contributed by atoms with Gasteiger partial charge in [0.25, 0.3) is 0 Å². The topological polar surface area (TPSA) is 6.48 Å². The number of rotatable bonds is 8. The monoisotopic (exact) mass is 432 g/mol. The molecule has 0 aliphatic heterocycles. The second-order valence-electron chi connectivity index (χ2n) is 4.51. The zero-order valence-corrected chi connectivity index (χ0v) is 18.6. The summed E-state index contributed by atoms with van der Waals surface area (Å²) in [5.41, 5.74) is 0. The van der Waals surface area contributed by atoms with Crippen LogP contribution in [0.2, 0.25) is 0 Å². The van der Waals surface area contributed by atoms with E-state index >= 15 is 0 Å². The van der Waals surface area contributed by atoms with Gasteiger partial charge in [-0.25, -0.2) is 0 Å². The van der Waals surface area contributed by atoms with Crippen LogP contribution in [-0.2, 0) is 25.3 Å². The zero-order valence-electron chi connectivity index (χ0n) is 13.6. The van der Waals surface area contributed by atoms with Crippen LogP contribution in [0.5, 0.6) is 0 Å². The fourth-order valence-corrected chi connectivity index (χ4v) is 2.40. The maximum atomic E-state index is 4.89. The molecule has 0 bridgehead atoms. The quantitative estimate of drug-likeness (QED) is 0.327. The summed E-state index contributed by atoms with van der Waals surface area (Å²) in [5.74, 6) is 0. The number of hydrogen-bond donors (Lipinski definition) is 0. The van der Waals surface area contributed by atoms with Crippen LogP contribution in [0.1, 0.15) is 53.4 Å². The summed E-state index contributed by atoms with van der Waals surface area (Å²) in [4.78, 5) is 4.15. The van der Waals surface area contributed by atoms with Gasteiger partial charge in [-0.3, -0.25) is 0 Å². The molecule has 0 atom stereocenters. The predicted molar refractivity (Wildman–Crippen MR) is 110 cm³/mol. The molecule has 0 aromatic carbocycles. The molecule has 0 unspecified atom stereocenters. The Hall–Kier alpha value is 0.739. The Morgan fingerprint density at radius 1 is 0.667 bits per heavy atom. The Bertz CT molecular complexity index is 227. The largest absolute Gasteiger partial charge is 2.00 e. The van der Waals surface area contributed by atoms with E-state index in [1.165, 1.54) is 0 Å². The first-order valence-electron chi connectivity index (χ1n) is 7.36. The van der Waals surface area contributed by atoms with Crippen molar-refractivity contribution in [1.29, 1.82) is 0 Å². The van der Waals surface area contributed by atoms with Gasteiger partial charge in [0.2, 0.25) is 0 Å². The van der Waals surface area contributed by atoms with Gasteiger partial charge in [-0.1, -0.05) is 36.3 Å². The molecule has 4 radical (unpaired) electrons. The Kier molecular flexibility index (Phi) is 23.8. The van der Waals surface area contributed by atoms with Crippen LogP contribution in [0.3, 0.4) is 0 Å². The molecular formula is C14H28N2S4Se. The van der Waals surface area contributed by atoms with Crippen molar-refractivity contribution in [2.24, 2.45) is 0 Å². The molecule has 0 aromatic rings. The summed E-state index contributed by atoms with van der Waals surface area (Å²) in [6.45, 7) is 12.6. The van der Waals surface area contributed by atoms with E-state index in [-0.39, 0.29) is 17.1 Å². The third kappa shape index (κ3) is 16.9. The third-order valence-corrected chi connectivity index (χ3v) is 3.52. The van der Waals surface area contributed by atoms with Crippen molar-refractivity contribution in [3.05, 3.63) is 0 Å². The predicted octanol–water partition coefficient (Wildman–Crippen LogP) is 3.50. The molecule has 0 rings (SSSR count). The molecule has 0 aliphatic rings. The van der Waals surface area contributed by atoms with E-state index in [2.05, 4.69) is 37.5 Å². The molecule has 0 aromatic heterocycles. The number of thiocarbonyl (C=S) groups is 2. The molecule has 7 heteroatoms. The van der Waals surface area contributed by atoms with Crippen LogP contribution in [0.25, 0.3) is 0 Å². The first-order valence-corrected chi connectivity index (χ1v) is 8.99. The van der Waals surface area contributed by atoms with E-state index in [9.17, 15) is 0 Å². The fourth-order valence-electron chi connectivity index (χ4n) is 1.67. The van der Waals surface area contributed by atoms with Crippen LogP contribution >= 0.6 is 24.4 Å². The van der Waals surface area contributed by atoms with Gasteiger partial charge < -0.3 is 59.5 Å². The standard InChI is InChI=1S/2C7H15NS2.Se/c2*1-3-5-8(6-4-2)7(9)10;/h2*3-6H2,1-2H3,(H,9,10);/q;;+2/p-2. The fraction of sp³-hybridized carbons (Fsp3) is 0.857.